The summed E-state index contributed by atoms with van der Waals surface area (Å²) >= 11 is 0. The van der Waals surface area contributed by atoms with E-state index in [1.165, 1.54) is 43.5 Å². The largest absolute Gasteiger partial charge is 0.343 e. The number of carbonyl (C=O) groups excluding carboxylic acids is 2. The van der Waals surface area contributed by atoms with Crippen LogP contribution >= 0.6 is 0 Å². The molecule has 1 saturated heterocycles. The molecule has 3 amide bonds. The van der Waals surface area contributed by atoms with Gasteiger partial charge >= 0.3 is 6.03 Å². The summed E-state index contributed by atoms with van der Waals surface area (Å²) in [5, 5.41) is 5.65. The first-order chi connectivity index (χ1) is 13.5. The van der Waals surface area contributed by atoms with Crippen LogP contribution in [0.25, 0.3) is 0 Å². The number of rotatable bonds is 5. The molecule has 1 aliphatic carbocycles. The Balaban J connectivity index is 1.42. The van der Waals surface area contributed by atoms with Gasteiger partial charge in [0.15, 0.2) is 0 Å². The molecule has 1 aromatic carbocycles. The fraction of sp³-hybridized carbons (Fsp3) is 0.619. The minimum Gasteiger partial charge on any atom is -0.343 e. The van der Waals surface area contributed by atoms with Crippen molar-refractivity contribution in [2.75, 3.05) is 25.0 Å². The van der Waals surface area contributed by atoms with Crippen LogP contribution in [0.1, 0.15) is 51.4 Å². The van der Waals surface area contributed by atoms with Crippen LogP contribution in [0.15, 0.2) is 24.3 Å². The minimum absolute atomic E-state index is 0.0144. The third-order valence-electron chi connectivity index (χ3n) is 6.16. The van der Waals surface area contributed by atoms with Crippen LogP contribution in [-0.2, 0) is 4.79 Å². The van der Waals surface area contributed by atoms with Gasteiger partial charge in [-0.15, -0.1) is 0 Å². The van der Waals surface area contributed by atoms with Gasteiger partial charge in [0.05, 0.1) is 0 Å². The number of hydrogen-bond donors (Lipinski definition) is 3. The Labute approximate surface area is 166 Å². The first-order valence-corrected chi connectivity index (χ1v) is 10.3. The molecular formula is C21H31FN4O2. The lowest BCUT2D eigenvalue weighted by molar-refractivity contribution is -0.135. The van der Waals surface area contributed by atoms with Gasteiger partial charge in [-0.05, 0) is 61.9 Å². The number of piperidine rings is 1. The van der Waals surface area contributed by atoms with Crippen molar-refractivity contribution < 1.29 is 14.0 Å². The maximum absolute atomic E-state index is 12.9. The van der Waals surface area contributed by atoms with Crippen LogP contribution in [0, 0.1) is 11.2 Å². The van der Waals surface area contributed by atoms with Gasteiger partial charge in [-0.3, -0.25) is 4.79 Å². The van der Waals surface area contributed by atoms with Gasteiger partial charge in [0.1, 0.15) is 5.82 Å². The summed E-state index contributed by atoms with van der Waals surface area (Å²) < 4.78 is 12.9. The summed E-state index contributed by atoms with van der Waals surface area (Å²) in [6.45, 7) is 1.89. The van der Waals surface area contributed by atoms with Crippen molar-refractivity contribution in [2.24, 2.45) is 11.1 Å². The normalized spacial score (nSPS) is 19.9. The van der Waals surface area contributed by atoms with Crippen LogP contribution in [-0.4, -0.2) is 42.5 Å². The number of nitrogens with two attached hydrogens (primary N) is 1. The molecule has 154 valence electrons. The van der Waals surface area contributed by atoms with E-state index in [4.69, 9.17) is 5.73 Å². The molecule has 2 aliphatic rings. The molecule has 1 saturated carbocycles. The third-order valence-corrected chi connectivity index (χ3v) is 6.16. The van der Waals surface area contributed by atoms with Crippen LogP contribution in [0.4, 0.5) is 14.9 Å². The topological polar surface area (TPSA) is 87.5 Å². The smallest absolute Gasteiger partial charge is 0.319 e. The Bertz CT molecular complexity index is 665. The number of benzene rings is 1. The Kier molecular flexibility index (Phi) is 6.88. The van der Waals surface area contributed by atoms with Gasteiger partial charge in [0.2, 0.25) is 5.91 Å². The number of nitrogens with one attached hydrogen (secondary N) is 2. The van der Waals surface area contributed by atoms with Crippen LogP contribution in [0.2, 0.25) is 0 Å². The highest BCUT2D eigenvalue weighted by Crippen LogP contribution is 2.39. The second-order valence-electron chi connectivity index (χ2n) is 8.20. The third kappa shape index (κ3) is 5.44. The zero-order valence-electron chi connectivity index (χ0n) is 16.4. The molecule has 28 heavy (non-hydrogen) atoms. The van der Waals surface area contributed by atoms with Crippen LogP contribution in [0.3, 0.4) is 0 Å². The zero-order valence-corrected chi connectivity index (χ0v) is 16.4. The van der Waals surface area contributed by atoms with Gasteiger partial charge in [0, 0.05) is 31.2 Å². The van der Waals surface area contributed by atoms with E-state index < -0.39 is 0 Å². The van der Waals surface area contributed by atoms with E-state index in [1.54, 1.807) is 0 Å². The highest BCUT2D eigenvalue weighted by atomic mass is 19.1. The van der Waals surface area contributed by atoms with E-state index in [9.17, 15) is 14.0 Å². The van der Waals surface area contributed by atoms with E-state index in [2.05, 4.69) is 10.6 Å². The number of likely N-dealkylation sites (tertiary alicyclic amines) is 1. The molecule has 0 atom stereocenters. The van der Waals surface area contributed by atoms with E-state index in [0.717, 1.165) is 25.7 Å². The number of urea groups is 1. The van der Waals surface area contributed by atoms with Crippen molar-refractivity contribution in [3.8, 4) is 0 Å². The summed E-state index contributed by atoms with van der Waals surface area (Å²) in [5.74, 6) is -0.144. The van der Waals surface area contributed by atoms with Crippen LogP contribution < -0.4 is 16.4 Å². The van der Waals surface area contributed by atoms with Crippen molar-refractivity contribution in [3.05, 3.63) is 30.1 Å². The summed E-state index contributed by atoms with van der Waals surface area (Å²) in [7, 11) is 0. The molecule has 7 heteroatoms. The van der Waals surface area contributed by atoms with Crippen molar-refractivity contribution >= 4 is 17.6 Å². The van der Waals surface area contributed by atoms with Gasteiger partial charge in [-0.2, -0.15) is 0 Å². The Hall–Kier alpha value is -2.15. The molecule has 6 nitrogen and oxygen atoms in total. The fourth-order valence-corrected chi connectivity index (χ4v) is 4.35. The first kappa shape index (κ1) is 20.6. The lowest BCUT2D eigenvalue weighted by atomic mass is 9.71. The predicted molar refractivity (Wildman–Crippen MR) is 107 cm³/mol. The predicted octanol–water partition coefficient (Wildman–Crippen LogP) is 3.24. The average Bonchev–Trinajstić information content (AvgIpc) is 2.71. The van der Waals surface area contributed by atoms with Crippen molar-refractivity contribution in [2.45, 2.75) is 57.4 Å². The second-order valence-corrected chi connectivity index (χ2v) is 8.20. The van der Waals surface area contributed by atoms with Crippen LogP contribution in [0.5, 0.6) is 0 Å². The molecule has 1 heterocycles. The fourth-order valence-electron chi connectivity index (χ4n) is 4.35. The lowest BCUT2D eigenvalue weighted by Crippen LogP contribution is -2.49. The molecule has 0 unspecified atom stereocenters. The first-order valence-electron chi connectivity index (χ1n) is 10.3. The zero-order chi connectivity index (χ0) is 20.0. The highest BCUT2D eigenvalue weighted by Gasteiger charge is 2.35. The minimum atomic E-state index is -0.340. The quantitative estimate of drug-likeness (QED) is 0.721. The van der Waals surface area contributed by atoms with E-state index in [0.29, 0.717) is 31.7 Å². The molecule has 3 rings (SSSR count). The monoisotopic (exact) mass is 390 g/mol. The van der Waals surface area contributed by atoms with Gasteiger partial charge in [0.25, 0.3) is 0 Å². The SMILES string of the molecule is NCC1(CC(=O)N2CCC(NC(=O)Nc3ccc(F)cc3)CC2)CCCCC1. The summed E-state index contributed by atoms with van der Waals surface area (Å²) in [6.07, 6.45) is 7.70. The van der Waals surface area contributed by atoms with E-state index in [-0.39, 0.29) is 29.2 Å². The number of halogens is 1. The molecule has 1 aliphatic heterocycles. The molecule has 0 aromatic heterocycles. The summed E-state index contributed by atoms with van der Waals surface area (Å²) in [5.41, 5.74) is 6.55. The second kappa shape index (κ2) is 9.37. The molecule has 0 spiro atoms. The molecule has 4 N–H and O–H groups in total. The van der Waals surface area contributed by atoms with Gasteiger partial charge in [-0.1, -0.05) is 19.3 Å². The lowest BCUT2D eigenvalue weighted by Gasteiger charge is -2.39. The Morgan fingerprint density at radius 1 is 1.11 bits per heavy atom. The molecule has 1 aromatic rings. The van der Waals surface area contributed by atoms with Crippen molar-refractivity contribution in [1.82, 2.24) is 10.2 Å². The maximum atomic E-state index is 12.9. The number of hydrogen-bond acceptors (Lipinski definition) is 3. The molecule has 2 fully saturated rings. The van der Waals surface area contributed by atoms with Gasteiger partial charge in [-0.25, -0.2) is 9.18 Å². The number of amides is 3. The number of anilines is 1. The maximum Gasteiger partial charge on any atom is 0.319 e. The van der Waals surface area contributed by atoms with Gasteiger partial charge < -0.3 is 21.3 Å². The summed E-state index contributed by atoms with van der Waals surface area (Å²) in [4.78, 5) is 26.8. The van der Waals surface area contributed by atoms with Crippen molar-refractivity contribution in [1.29, 1.82) is 0 Å². The molecule has 0 bridgehead atoms. The molecule has 0 radical (unpaired) electrons. The number of nitrogens with zero attached hydrogens (tertiary/aromatic N) is 1. The van der Waals surface area contributed by atoms with Crippen molar-refractivity contribution in [3.63, 3.8) is 0 Å². The Morgan fingerprint density at radius 2 is 1.75 bits per heavy atom. The summed E-state index contributed by atoms with van der Waals surface area (Å²) in [6, 6.07) is 5.38. The average molecular weight is 391 g/mol. The van der Waals surface area contributed by atoms with E-state index in [1.807, 2.05) is 4.90 Å². The number of carbonyl (C=O) groups is 2. The standard InChI is InChI=1S/C21H31FN4O2/c22-16-4-6-17(7-5-16)24-20(28)25-18-8-12-26(13-9-18)19(27)14-21(15-23)10-2-1-3-11-21/h4-7,18H,1-3,8-15,23H2,(H2,24,25,28). The molecular weight excluding hydrogens is 359 g/mol. The Morgan fingerprint density at radius 3 is 2.36 bits per heavy atom. The highest BCUT2D eigenvalue weighted by molar-refractivity contribution is 5.89. The van der Waals surface area contributed by atoms with E-state index >= 15 is 0 Å².